The molecule has 6 heteroatoms. The van der Waals surface area contributed by atoms with Crippen LogP contribution in [-0.4, -0.2) is 16.9 Å². The quantitative estimate of drug-likeness (QED) is 0.605. The van der Waals surface area contributed by atoms with Crippen molar-refractivity contribution in [1.29, 1.82) is 0 Å². The minimum Gasteiger partial charge on any atom is -0.545 e. The molecular formula is C21H13N2O4-. The summed E-state index contributed by atoms with van der Waals surface area (Å²) in [7, 11) is 0. The van der Waals surface area contributed by atoms with Crippen LogP contribution in [0, 0.1) is 0 Å². The zero-order valence-corrected chi connectivity index (χ0v) is 14.0. The first kappa shape index (κ1) is 16.5. The van der Waals surface area contributed by atoms with Crippen molar-refractivity contribution in [2.75, 3.05) is 5.32 Å². The van der Waals surface area contributed by atoms with E-state index in [1.54, 1.807) is 30.3 Å². The second-order valence-electron chi connectivity index (χ2n) is 5.85. The van der Waals surface area contributed by atoms with E-state index in [1.807, 2.05) is 24.3 Å². The Hall–Kier alpha value is -3.93. The summed E-state index contributed by atoms with van der Waals surface area (Å²) in [6.45, 7) is 0. The normalized spacial score (nSPS) is 10.7. The molecule has 0 spiro atoms. The molecule has 1 heterocycles. The molecule has 0 unspecified atom stereocenters. The second-order valence-corrected chi connectivity index (χ2v) is 5.85. The molecule has 4 aromatic rings. The first-order valence-electron chi connectivity index (χ1n) is 8.19. The second kappa shape index (κ2) is 6.76. The van der Waals surface area contributed by atoms with Gasteiger partial charge in [-0.1, -0.05) is 30.3 Å². The standard InChI is InChI=1S/C21H14N2O4/c24-19(15-5-1-2-6-16(15)21(25)26)22-14-11-9-13(10-12-14)20-23-17-7-3-4-8-18(17)27-20/h1-12H,(H,22,24)(H,25,26)/p-1. The molecule has 0 atom stereocenters. The largest absolute Gasteiger partial charge is 0.545 e. The number of aromatic carboxylic acids is 1. The number of rotatable bonds is 4. The molecule has 0 aliphatic rings. The van der Waals surface area contributed by atoms with Crippen molar-refractivity contribution in [3.63, 3.8) is 0 Å². The molecule has 4 rings (SSSR count). The van der Waals surface area contributed by atoms with Gasteiger partial charge < -0.3 is 19.6 Å². The monoisotopic (exact) mass is 357 g/mol. The third-order valence-electron chi connectivity index (χ3n) is 4.08. The average Bonchev–Trinajstić information content (AvgIpc) is 3.12. The minimum absolute atomic E-state index is 0.0422. The maximum absolute atomic E-state index is 12.4. The van der Waals surface area contributed by atoms with Gasteiger partial charge in [0.25, 0.3) is 5.91 Å². The van der Waals surface area contributed by atoms with Crippen LogP contribution in [0.15, 0.2) is 77.2 Å². The van der Waals surface area contributed by atoms with Crippen molar-refractivity contribution in [2.45, 2.75) is 0 Å². The van der Waals surface area contributed by atoms with Gasteiger partial charge in [0.15, 0.2) is 5.58 Å². The van der Waals surface area contributed by atoms with E-state index in [1.165, 1.54) is 18.2 Å². The number of benzene rings is 3. The summed E-state index contributed by atoms with van der Waals surface area (Å²) in [5.74, 6) is -1.44. The van der Waals surface area contributed by atoms with E-state index in [4.69, 9.17) is 4.42 Å². The van der Waals surface area contributed by atoms with E-state index in [-0.39, 0.29) is 11.1 Å². The van der Waals surface area contributed by atoms with E-state index in [0.29, 0.717) is 17.2 Å². The molecule has 1 N–H and O–H groups in total. The van der Waals surface area contributed by atoms with Crippen LogP contribution in [0.1, 0.15) is 20.7 Å². The van der Waals surface area contributed by atoms with Crippen LogP contribution in [0.4, 0.5) is 5.69 Å². The first-order valence-corrected chi connectivity index (χ1v) is 8.19. The molecule has 0 bridgehead atoms. The number of carbonyl (C=O) groups is 2. The number of para-hydroxylation sites is 2. The van der Waals surface area contributed by atoms with Crippen molar-refractivity contribution >= 4 is 28.7 Å². The number of fused-ring (bicyclic) bond motifs is 1. The molecule has 0 saturated heterocycles. The van der Waals surface area contributed by atoms with Crippen molar-refractivity contribution < 1.29 is 19.1 Å². The van der Waals surface area contributed by atoms with Crippen LogP contribution in [0.2, 0.25) is 0 Å². The number of carboxylic acids is 1. The van der Waals surface area contributed by atoms with Crippen molar-refractivity contribution in [3.05, 3.63) is 83.9 Å². The molecule has 0 fully saturated rings. The van der Waals surface area contributed by atoms with E-state index < -0.39 is 11.9 Å². The number of hydrogen-bond acceptors (Lipinski definition) is 5. The Morgan fingerprint density at radius 2 is 1.52 bits per heavy atom. The summed E-state index contributed by atoms with van der Waals surface area (Å²) in [4.78, 5) is 28.0. The van der Waals surface area contributed by atoms with Crippen molar-refractivity contribution in [2.24, 2.45) is 0 Å². The number of carboxylic acid groups (broad SMARTS) is 1. The molecule has 1 amide bonds. The highest BCUT2D eigenvalue weighted by Crippen LogP contribution is 2.25. The number of nitrogens with zero attached hydrogens (tertiary/aromatic N) is 1. The minimum atomic E-state index is -1.40. The van der Waals surface area contributed by atoms with Crippen LogP contribution in [-0.2, 0) is 0 Å². The number of carbonyl (C=O) groups excluding carboxylic acids is 2. The zero-order chi connectivity index (χ0) is 18.8. The Bertz CT molecular complexity index is 1110. The van der Waals surface area contributed by atoms with Gasteiger partial charge in [-0.25, -0.2) is 4.98 Å². The van der Waals surface area contributed by atoms with Crippen LogP contribution in [0.3, 0.4) is 0 Å². The van der Waals surface area contributed by atoms with Crippen LogP contribution < -0.4 is 10.4 Å². The highest BCUT2D eigenvalue weighted by Gasteiger charge is 2.12. The summed E-state index contributed by atoms with van der Waals surface area (Å²) in [6, 6.07) is 20.3. The van der Waals surface area contributed by atoms with E-state index in [0.717, 1.165) is 11.1 Å². The lowest BCUT2D eigenvalue weighted by Crippen LogP contribution is -2.26. The Balaban J connectivity index is 1.56. The van der Waals surface area contributed by atoms with Gasteiger partial charge in [0.05, 0.1) is 5.97 Å². The Kier molecular flexibility index (Phi) is 4.14. The predicted molar refractivity (Wildman–Crippen MR) is 98.2 cm³/mol. The fourth-order valence-electron chi connectivity index (χ4n) is 2.75. The van der Waals surface area contributed by atoms with Crippen LogP contribution in [0.5, 0.6) is 0 Å². The van der Waals surface area contributed by atoms with Crippen molar-refractivity contribution in [1.82, 2.24) is 4.98 Å². The molecule has 0 aliphatic carbocycles. The van der Waals surface area contributed by atoms with Gasteiger partial charge in [-0.05, 0) is 42.5 Å². The van der Waals surface area contributed by atoms with Crippen molar-refractivity contribution in [3.8, 4) is 11.5 Å². The summed E-state index contributed by atoms with van der Waals surface area (Å²) in [6.07, 6.45) is 0. The van der Waals surface area contributed by atoms with Gasteiger partial charge in [-0.3, -0.25) is 4.79 Å². The Morgan fingerprint density at radius 1 is 0.852 bits per heavy atom. The van der Waals surface area contributed by atoms with E-state index in [2.05, 4.69) is 10.3 Å². The maximum atomic E-state index is 12.4. The van der Waals surface area contributed by atoms with Crippen LogP contribution >= 0.6 is 0 Å². The Labute approximate surface area is 154 Å². The van der Waals surface area contributed by atoms with E-state index >= 15 is 0 Å². The number of amides is 1. The van der Waals surface area contributed by atoms with Gasteiger partial charge in [0.2, 0.25) is 5.89 Å². The fourth-order valence-corrected chi connectivity index (χ4v) is 2.75. The summed E-state index contributed by atoms with van der Waals surface area (Å²) in [5.41, 5.74) is 2.64. The lowest BCUT2D eigenvalue weighted by Gasteiger charge is -2.10. The molecule has 6 nitrogen and oxygen atoms in total. The average molecular weight is 357 g/mol. The smallest absolute Gasteiger partial charge is 0.256 e. The highest BCUT2D eigenvalue weighted by atomic mass is 16.4. The SMILES string of the molecule is O=C([O-])c1ccccc1C(=O)Nc1ccc(-c2nc3ccccc3o2)cc1. The number of anilines is 1. The molecule has 1 aromatic heterocycles. The number of oxazole rings is 1. The fraction of sp³-hybridized carbons (Fsp3) is 0. The third kappa shape index (κ3) is 3.28. The zero-order valence-electron chi connectivity index (χ0n) is 14.0. The van der Waals surface area contributed by atoms with Gasteiger partial charge in [0, 0.05) is 22.4 Å². The molecular weight excluding hydrogens is 344 g/mol. The highest BCUT2D eigenvalue weighted by molar-refractivity contribution is 6.10. The summed E-state index contributed by atoms with van der Waals surface area (Å²) >= 11 is 0. The molecule has 0 saturated carbocycles. The van der Waals surface area contributed by atoms with Gasteiger partial charge in [-0.15, -0.1) is 0 Å². The molecule has 27 heavy (non-hydrogen) atoms. The van der Waals surface area contributed by atoms with Crippen LogP contribution in [0.25, 0.3) is 22.6 Å². The molecule has 132 valence electrons. The van der Waals surface area contributed by atoms with Gasteiger partial charge in [0.1, 0.15) is 5.52 Å². The topological polar surface area (TPSA) is 95.3 Å². The number of nitrogens with one attached hydrogen (secondary N) is 1. The summed E-state index contributed by atoms with van der Waals surface area (Å²) < 4.78 is 5.72. The van der Waals surface area contributed by atoms with Gasteiger partial charge in [-0.2, -0.15) is 0 Å². The van der Waals surface area contributed by atoms with Gasteiger partial charge >= 0.3 is 0 Å². The first-order chi connectivity index (χ1) is 13.1. The Morgan fingerprint density at radius 3 is 2.22 bits per heavy atom. The maximum Gasteiger partial charge on any atom is 0.256 e. The molecule has 0 radical (unpaired) electrons. The molecule has 3 aromatic carbocycles. The lowest BCUT2D eigenvalue weighted by atomic mass is 10.1. The lowest BCUT2D eigenvalue weighted by molar-refractivity contribution is -0.255. The third-order valence-corrected chi connectivity index (χ3v) is 4.08. The molecule has 0 aliphatic heterocycles. The predicted octanol–water partition coefficient (Wildman–Crippen LogP) is 3.11. The number of hydrogen-bond donors (Lipinski definition) is 1. The summed E-state index contributed by atoms with van der Waals surface area (Å²) in [5, 5.41) is 13.8. The van der Waals surface area contributed by atoms with E-state index in [9.17, 15) is 14.7 Å². The number of aromatic nitrogens is 1.